The standard InChI is InChI=1S/C29H28N2O4/c1-17-8-10-19(11-9-17)21-14-24-28(25(33)15-21)29(31-23-7-5-4-6-22(23)30-24)20-12-13-26(35-18(2)32)27(16-20)34-3/h4-13,16,21,29-31H,14-15H2,1-3H3/t21-,29-/m0/s1. The number of rotatable bonds is 4. The van der Waals surface area contributed by atoms with E-state index in [1.807, 2.05) is 36.4 Å². The van der Waals surface area contributed by atoms with E-state index in [-0.39, 0.29) is 17.7 Å². The van der Waals surface area contributed by atoms with Crippen LogP contribution in [-0.4, -0.2) is 18.9 Å². The molecule has 5 rings (SSSR count). The molecule has 0 radical (unpaired) electrons. The summed E-state index contributed by atoms with van der Waals surface area (Å²) in [6.07, 6.45) is 1.18. The van der Waals surface area contributed by atoms with Crippen molar-refractivity contribution in [2.24, 2.45) is 0 Å². The average molecular weight is 469 g/mol. The summed E-state index contributed by atoms with van der Waals surface area (Å²) in [5, 5.41) is 7.14. The lowest BCUT2D eigenvalue weighted by Gasteiger charge is -2.30. The molecule has 3 aromatic rings. The van der Waals surface area contributed by atoms with E-state index in [0.717, 1.165) is 34.6 Å². The van der Waals surface area contributed by atoms with Gasteiger partial charge in [-0.05, 0) is 54.7 Å². The van der Waals surface area contributed by atoms with Crippen molar-refractivity contribution in [3.63, 3.8) is 0 Å². The second kappa shape index (κ2) is 9.29. The maximum atomic E-state index is 13.7. The molecule has 178 valence electrons. The van der Waals surface area contributed by atoms with Gasteiger partial charge in [0.15, 0.2) is 17.3 Å². The number of anilines is 2. The third-order valence-corrected chi connectivity index (χ3v) is 6.63. The number of esters is 1. The molecule has 1 aliphatic heterocycles. The molecule has 0 saturated heterocycles. The number of methoxy groups -OCH3 is 1. The number of benzene rings is 3. The summed E-state index contributed by atoms with van der Waals surface area (Å²) in [7, 11) is 1.53. The normalized spacial score (nSPS) is 19.0. The first-order chi connectivity index (χ1) is 16.9. The van der Waals surface area contributed by atoms with Gasteiger partial charge in [0, 0.05) is 24.6 Å². The van der Waals surface area contributed by atoms with Gasteiger partial charge in [0.2, 0.25) is 0 Å². The molecule has 6 heteroatoms. The predicted molar refractivity (Wildman–Crippen MR) is 136 cm³/mol. The fourth-order valence-electron chi connectivity index (χ4n) is 4.92. The van der Waals surface area contributed by atoms with Crippen molar-refractivity contribution in [3.8, 4) is 11.5 Å². The van der Waals surface area contributed by atoms with E-state index >= 15 is 0 Å². The molecular formula is C29H28N2O4. The maximum Gasteiger partial charge on any atom is 0.308 e. The first-order valence-electron chi connectivity index (χ1n) is 11.7. The topological polar surface area (TPSA) is 76.7 Å². The van der Waals surface area contributed by atoms with Gasteiger partial charge in [-0.1, -0.05) is 48.0 Å². The second-order valence-corrected chi connectivity index (χ2v) is 9.08. The van der Waals surface area contributed by atoms with Gasteiger partial charge in [-0.3, -0.25) is 9.59 Å². The number of carbonyl (C=O) groups is 2. The van der Waals surface area contributed by atoms with Gasteiger partial charge in [-0.15, -0.1) is 0 Å². The third-order valence-electron chi connectivity index (χ3n) is 6.63. The number of fused-ring (bicyclic) bond motifs is 1. The monoisotopic (exact) mass is 468 g/mol. The number of ketones is 1. The van der Waals surface area contributed by atoms with Crippen LogP contribution in [0.15, 0.2) is 78.0 Å². The Hall–Kier alpha value is -4.06. The van der Waals surface area contributed by atoms with E-state index in [0.29, 0.717) is 17.9 Å². The molecular weight excluding hydrogens is 440 g/mol. The lowest BCUT2D eigenvalue weighted by atomic mass is 9.78. The summed E-state index contributed by atoms with van der Waals surface area (Å²) in [5.74, 6) is 0.586. The SMILES string of the molecule is COc1cc([C@@H]2Nc3ccccc3NC3=C2C(=O)C[C@@H](c2ccc(C)cc2)C3)ccc1OC(C)=O. The molecule has 0 aromatic heterocycles. The lowest BCUT2D eigenvalue weighted by molar-refractivity contribution is -0.132. The van der Waals surface area contributed by atoms with Crippen LogP contribution in [0.3, 0.4) is 0 Å². The zero-order valence-electron chi connectivity index (χ0n) is 20.1. The minimum Gasteiger partial charge on any atom is -0.493 e. The van der Waals surface area contributed by atoms with Crippen LogP contribution in [0.1, 0.15) is 48.4 Å². The number of hydrogen-bond donors (Lipinski definition) is 2. The molecule has 0 unspecified atom stereocenters. The molecule has 0 fully saturated rings. The minimum absolute atomic E-state index is 0.109. The highest BCUT2D eigenvalue weighted by molar-refractivity contribution is 6.01. The summed E-state index contributed by atoms with van der Waals surface area (Å²) in [6, 6.07) is 21.4. The zero-order valence-corrected chi connectivity index (χ0v) is 20.1. The first kappa shape index (κ1) is 22.7. The molecule has 0 amide bonds. The fraction of sp³-hybridized carbons (Fsp3) is 0.241. The van der Waals surface area contributed by atoms with Gasteiger partial charge in [0.25, 0.3) is 0 Å². The lowest BCUT2D eigenvalue weighted by Crippen LogP contribution is -2.27. The quantitative estimate of drug-likeness (QED) is 0.366. The van der Waals surface area contributed by atoms with E-state index in [4.69, 9.17) is 9.47 Å². The van der Waals surface area contributed by atoms with Crippen LogP contribution in [0.5, 0.6) is 11.5 Å². The van der Waals surface area contributed by atoms with Crippen LogP contribution < -0.4 is 20.1 Å². The van der Waals surface area contributed by atoms with E-state index in [9.17, 15) is 9.59 Å². The average Bonchev–Trinajstić information content (AvgIpc) is 3.01. The van der Waals surface area contributed by atoms with Crippen molar-refractivity contribution < 1.29 is 19.1 Å². The van der Waals surface area contributed by atoms with E-state index in [1.54, 1.807) is 6.07 Å². The first-order valence-corrected chi connectivity index (χ1v) is 11.7. The van der Waals surface area contributed by atoms with Gasteiger partial charge in [0.1, 0.15) is 0 Å². The van der Waals surface area contributed by atoms with Crippen LogP contribution >= 0.6 is 0 Å². The van der Waals surface area contributed by atoms with Gasteiger partial charge in [-0.25, -0.2) is 0 Å². The molecule has 0 spiro atoms. The van der Waals surface area contributed by atoms with Crippen molar-refractivity contribution >= 4 is 23.1 Å². The predicted octanol–water partition coefficient (Wildman–Crippen LogP) is 5.91. The molecule has 1 aliphatic carbocycles. The number of para-hydroxylation sites is 2. The van der Waals surface area contributed by atoms with Crippen molar-refractivity contribution in [1.29, 1.82) is 0 Å². The highest BCUT2D eigenvalue weighted by Gasteiger charge is 2.36. The second-order valence-electron chi connectivity index (χ2n) is 9.08. The summed E-state index contributed by atoms with van der Waals surface area (Å²) in [4.78, 5) is 25.2. The van der Waals surface area contributed by atoms with Crippen LogP contribution in [0, 0.1) is 6.92 Å². The van der Waals surface area contributed by atoms with Gasteiger partial charge in [-0.2, -0.15) is 0 Å². The number of aryl methyl sites for hydroxylation is 1. The summed E-state index contributed by atoms with van der Waals surface area (Å²) >= 11 is 0. The Morgan fingerprint density at radius 1 is 0.914 bits per heavy atom. The van der Waals surface area contributed by atoms with Crippen LogP contribution in [0.2, 0.25) is 0 Å². The fourth-order valence-corrected chi connectivity index (χ4v) is 4.92. The number of hydrogen-bond acceptors (Lipinski definition) is 6. The summed E-state index contributed by atoms with van der Waals surface area (Å²) < 4.78 is 10.8. The van der Waals surface area contributed by atoms with Gasteiger partial charge >= 0.3 is 5.97 Å². The van der Waals surface area contributed by atoms with Crippen LogP contribution in [0.4, 0.5) is 11.4 Å². The Labute approximate surface area is 205 Å². The van der Waals surface area contributed by atoms with Crippen LogP contribution in [-0.2, 0) is 9.59 Å². The Morgan fingerprint density at radius 3 is 2.34 bits per heavy atom. The number of allylic oxidation sites excluding steroid dienone is 1. The van der Waals surface area contributed by atoms with Crippen molar-refractivity contribution in [1.82, 2.24) is 0 Å². The minimum atomic E-state index is -0.420. The summed E-state index contributed by atoms with van der Waals surface area (Å²) in [6.45, 7) is 3.42. The molecule has 35 heavy (non-hydrogen) atoms. The van der Waals surface area contributed by atoms with Gasteiger partial charge < -0.3 is 20.1 Å². The van der Waals surface area contributed by atoms with Crippen molar-refractivity contribution in [3.05, 3.63) is 94.7 Å². The molecule has 6 nitrogen and oxygen atoms in total. The van der Waals surface area contributed by atoms with E-state index < -0.39 is 5.97 Å². The molecule has 2 N–H and O–H groups in total. The Morgan fingerprint density at radius 2 is 1.63 bits per heavy atom. The van der Waals surface area contributed by atoms with Crippen molar-refractivity contribution in [2.75, 3.05) is 17.7 Å². The number of nitrogens with one attached hydrogen (secondary N) is 2. The smallest absolute Gasteiger partial charge is 0.308 e. The third kappa shape index (κ3) is 4.52. The van der Waals surface area contributed by atoms with E-state index in [1.165, 1.54) is 25.2 Å². The van der Waals surface area contributed by atoms with E-state index in [2.05, 4.69) is 41.8 Å². The maximum absolute atomic E-state index is 13.7. The molecule has 2 aliphatic rings. The Balaban J connectivity index is 1.59. The molecule has 0 bridgehead atoms. The van der Waals surface area contributed by atoms with Gasteiger partial charge in [0.05, 0.1) is 24.5 Å². The Bertz CT molecular complexity index is 1330. The van der Waals surface area contributed by atoms with Crippen LogP contribution in [0.25, 0.3) is 0 Å². The zero-order chi connectivity index (χ0) is 24.5. The molecule has 1 heterocycles. The number of Topliss-reactive ketones (excluding diaryl/α,β-unsaturated/α-hetero) is 1. The Kier molecular flexibility index (Phi) is 6.03. The van der Waals surface area contributed by atoms with Crippen molar-refractivity contribution in [2.45, 2.75) is 38.6 Å². The molecule has 3 aromatic carbocycles. The largest absolute Gasteiger partial charge is 0.493 e. The number of carbonyl (C=O) groups excluding carboxylic acids is 2. The molecule has 2 atom stereocenters. The highest BCUT2D eigenvalue weighted by Crippen LogP contribution is 2.45. The molecule has 0 saturated carbocycles. The highest BCUT2D eigenvalue weighted by atomic mass is 16.6. The number of ether oxygens (including phenoxy) is 2. The summed E-state index contributed by atoms with van der Waals surface area (Å²) in [5.41, 5.74) is 6.73.